The van der Waals surface area contributed by atoms with Crippen LogP contribution in [-0.4, -0.2) is 28.2 Å². The molecule has 1 aliphatic heterocycles. The van der Waals surface area contributed by atoms with Gasteiger partial charge in [0.2, 0.25) is 10.0 Å². The smallest absolute Gasteiger partial charge is 0.240 e. The lowest BCUT2D eigenvalue weighted by Gasteiger charge is -2.20. The van der Waals surface area contributed by atoms with Gasteiger partial charge in [0.1, 0.15) is 13.2 Å². The van der Waals surface area contributed by atoms with Gasteiger partial charge >= 0.3 is 0 Å². The number of nitrogens with two attached hydrogens (primary N) is 1. The molecule has 17 heavy (non-hydrogen) atoms. The average Bonchev–Trinajstić information content (AvgIpc) is 2.29. The number of anilines is 1. The molecule has 0 aliphatic carbocycles. The van der Waals surface area contributed by atoms with E-state index in [1.807, 2.05) is 0 Å². The summed E-state index contributed by atoms with van der Waals surface area (Å²) in [5.41, 5.74) is 6.00. The van der Waals surface area contributed by atoms with E-state index < -0.39 is 10.0 Å². The minimum Gasteiger partial charge on any atom is -0.486 e. The molecule has 0 saturated heterocycles. The van der Waals surface area contributed by atoms with Crippen LogP contribution in [0.15, 0.2) is 17.0 Å². The Morgan fingerprint density at radius 1 is 1.35 bits per heavy atom. The monoisotopic (exact) mass is 258 g/mol. The first-order chi connectivity index (χ1) is 8.04. The molecule has 0 atom stereocenters. The van der Waals surface area contributed by atoms with Crippen LogP contribution in [0.3, 0.4) is 0 Å². The summed E-state index contributed by atoms with van der Waals surface area (Å²) in [6.07, 6.45) is 0. The summed E-state index contributed by atoms with van der Waals surface area (Å²) in [5.74, 6) is 0.777. The minimum absolute atomic E-state index is 0.0844. The van der Waals surface area contributed by atoms with Crippen molar-refractivity contribution in [3.63, 3.8) is 0 Å². The van der Waals surface area contributed by atoms with Crippen LogP contribution in [-0.2, 0) is 10.0 Å². The van der Waals surface area contributed by atoms with E-state index in [-0.39, 0.29) is 10.6 Å². The molecule has 0 aromatic heterocycles. The third-order valence-corrected chi connectivity index (χ3v) is 3.81. The van der Waals surface area contributed by atoms with E-state index in [0.717, 1.165) is 0 Å². The molecule has 2 rings (SSSR count). The lowest BCUT2D eigenvalue weighted by atomic mass is 10.2. The predicted molar refractivity (Wildman–Crippen MR) is 62.7 cm³/mol. The molecule has 1 aromatic rings. The second-order valence-electron chi connectivity index (χ2n) is 3.54. The third-order valence-electron chi connectivity index (χ3n) is 2.29. The van der Waals surface area contributed by atoms with Crippen LogP contribution in [0.2, 0.25) is 0 Å². The number of fused-ring (bicyclic) bond motifs is 1. The number of nitrogen functional groups attached to an aromatic ring is 1. The maximum Gasteiger partial charge on any atom is 0.240 e. The number of benzene rings is 1. The van der Waals surface area contributed by atoms with Gasteiger partial charge in [-0.15, -0.1) is 0 Å². The molecule has 7 heteroatoms. The summed E-state index contributed by atoms with van der Waals surface area (Å²) in [4.78, 5) is 0.0844. The Morgan fingerprint density at radius 3 is 2.76 bits per heavy atom. The minimum atomic E-state index is -3.53. The Kier molecular flexibility index (Phi) is 3.12. The van der Waals surface area contributed by atoms with Gasteiger partial charge in [0, 0.05) is 12.6 Å². The second-order valence-corrected chi connectivity index (χ2v) is 5.30. The van der Waals surface area contributed by atoms with Gasteiger partial charge in [-0.1, -0.05) is 6.92 Å². The Hall–Kier alpha value is -1.47. The fourth-order valence-corrected chi connectivity index (χ4v) is 2.67. The summed E-state index contributed by atoms with van der Waals surface area (Å²) in [5, 5.41) is 0. The lowest BCUT2D eigenvalue weighted by Crippen LogP contribution is -2.24. The first-order valence-corrected chi connectivity index (χ1v) is 6.71. The number of hydrogen-bond acceptors (Lipinski definition) is 5. The van der Waals surface area contributed by atoms with Crippen molar-refractivity contribution in [3.05, 3.63) is 12.1 Å². The first kappa shape index (κ1) is 12.0. The van der Waals surface area contributed by atoms with Crippen LogP contribution in [0.25, 0.3) is 0 Å². The largest absolute Gasteiger partial charge is 0.486 e. The number of nitrogens with one attached hydrogen (secondary N) is 1. The van der Waals surface area contributed by atoms with Crippen molar-refractivity contribution in [1.29, 1.82) is 0 Å². The van der Waals surface area contributed by atoms with E-state index in [4.69, 9.17) is 15.2 Å². The second kappa shape index (κ2) is 4.42. The summed E-state index contributed by atoms with van der Waals surface area (Å²) in [6, 6.07) is 2.79. The Morgan fingerprint density at radius 2 is 2.06 bits per heavy atom. The van der Waals surface area contributed by atoms with Crippen molar-refractivity contribution < 1.29 is 17.9 Å². The van der Waals surface area contributed by atoms with Gasteiger partial charge in [0.05, 0.1) is 10.6 Å². The van der Waals surface area contributed by atoms with Crippen molar-refractivity contribution in [2.75, 3.05) is 25.5 Å². The lowest BCUT2D eigenvalue weighted by molar-refractivity contribution is 0.172. The quantitative estimate of drug-likeness (QED) is 0.763. The summed E-state index contributed by atoms with van der Waals surface area (Å²) in [6.45, 7) is 2.82. The summed E-state index contributed by atoms with van der Waals surface area (Å²) >= 11 is 0. The topological polar surface area (TPSA) is 90.7 Å². The molecule has 0 bridgehead atoms. The fourth-order valence-electron chi connectivity index (χ4n) is 1.58. The predicted octanol–water partition coefficient (Wildman–Crippen LogP) is 0.338. The van der Waals surface area contributed by atoms with Gasteiger partial charge in [0.25, 0.3) is 0 Å². The Bertz CT molecular complexity index is 527. The molecule has 1 heterocycles. The van der Waals surface area contributed by atoms with Crippen LogP contribution >= 0.6 is 0 Å². The van der Waals surface area contributed by atoms with Gasteiger partial charge in [-0.25, -0.2) is 13.1 Å². The standard InChI is InChI=1S/C10H14N2O4S/c1-2-12-17(13,14)7-5-8(11)10-9(6-7)15-3-4-16-10/h5-6,12H,2-4,11H2,1H3. The van der Waals surface area contributed by atoms with Crippen molar-refractivity contribution in [3.8, 4) is 11.5 Å². The maximum absolute atomic E-state index is 11.8. The molecule has 94 valence electrons. The molecule has 1 aromatic carbocycles. The highest BCUT2D eigenvalue weighted by Gasteiger charge is 2.21. The van der Waals surface area contributed by atoms with Crippen LogP contribution < -0.4 is 19.9 Å². The Balaban J connectivity index is 2.48. The van der Waals surface area contributed by atoms with Gasteiger partial charge in [0.15, 0.2) is 11.5 Å². The van der Waals surface area contributed by atoms with Crippen molar-refractivity contribution in [2.24, 2.45) is 0 Å². The number of hydrogen-bond donors (Lipinski definition) is 2. The number of rotatable bonds is 3. The average molecular weight is 258 g/mol. The molecule has 0 spiro atoms. The van der Waals surface area contributed by atoms with Crippen LogP contribution in [0, 0.1) is 0 Å². The summed E-state index contributed by atoms with van der Waals surface area (Å²) < 4.78 is 36.6. The van der Waals surface area contributed by atoms with Crippen LogP contribution in [0.4, 0.5) is 5.69 Å². The highest BCUT2D eigenvalue weighted by atomic mass is 32.2. The highest BCUT2D eigenvalue weighted by Crippen LogP contribution is 2.38. The maximum atomic E-state index is 11.8. The molecule has 0 radical (unpaired) electrons. The molecular weight excluding hydrogens is 244 g/mol. The fraction of sp³-hybridized carbons (Fsp3) is 0.400. The molecular formula is C10H14N2O4S. The molecule has 6 nitrogen and oxygen atoms in total. The zero-order valence-electron chi connectivity index (χ0n) is 9.39. The molecule has 0 saturated carbocycles. The van der Waals surface area contributed by atoms with Crippen molar-refractivity contribution in [1.82, 2.24) is 4.72 Å². The number of ether oxygens (including phenoxy) is 2. The van der Waals surface area contributed by atoms with E-state index in [0.29, 0.717) is 31.3 Å². The van der Waals surface area contributed by atoms with E-state index in [1.54, 1.807) is 6.92 Å². The van der Waals surface area contributed by atoms with Crippen LogP contribution in [0.5, 0.6) is 11.5 Å². The van der Waals surface area contributed by atoms with Gasteiger partial charge in [-0.2, -0.15) is 0 Å². The van der Waals surface area contributed by atoms with Crippen molar-refractivity contribution >= 4 is 15.7 Å². The summed E-state index contributed by atoms with van der Waals surface area (Å²) in [7, 11) is -3.53. The Labute approximate surface area is 99.8 Å². The molecule has 3 N–H and O–H groups in total. The van der Waals surface area contributed by atoms with Gasteiger partial charge in [-0.3, -0.25) is 0 Å². The molecule has 0 fully saturated rings. The molecule has 0 amide bonds. The molecule has 1 aliphatic rings. The van der Waals surface area contributed by atoms with E-state index in [2.05, 4.69) is 4.72 Å². The number of sulfonamides is 1. The van der Waals surface area contributed by atoms with Crippen LogP contribution in [0.1, 0.15) is 6.92 Å². The van der Waals surface area contributed by atoms with E-state index in [1.165, 1.54) is 12.1 Å². The zero-order chi connectivity index (χ0) is 12.5. The zero-order valence-corrected chi connectivity index (χ0v) is 10.2. The van der Waals surface area contributed by atoms with Gasteiger partial charge < -0.3 is 15.2 Å². The van der Waals surface area contributed by atoms with Crippen molar-refractivity contribution in [2.45, 2.75) is 11.8 Å². The third kappa shape index (κ3) is 2.29. The van der Waals surface area contributed by atoms with Gasteiger partial charge in [-0.05, 0) is 6.07 Å². The highest BCUT2D eigenvalue weighted by molar-refractivity contribution is 7.89. The first-order valence-electron chi connectivity index (χ1n) is 5.23. The van der Waals surface area contributed by atoms with E-state index >= 15 is 0 Å². The molecule has 0 unspecified atom stereocenters. The SMILES string of the molecule is CCNS(=O)(=O)c1cc(N)c2c(c1)OCCO2. The van der Waals surface area contributed by atoms with E-state index in [9.17, 15) is 8.42 Å². The normalized spacial score (nSPS) is 14.6.